The molecule has 0 aliphatic rings. The molecule has 0 fully saturated rings. The molecule has 0 aliphatic carbocycles. The van der Waals surface area contributed by atoms with Crippen molar-refractivity contribution in [2.45, 2.75) is 6.54 Å². The van der Waals surface area contributed by atoms with Crippen LogP contribution in [-0.2, 0) is 6.54 Å². The second-order valence-corrected chi connectivity index (χ2v) is 6.93. The number of hydrogen-bond donors (Lipinski definition) is 2. The van der Waals surface area contributed by atoms with Gasteiger partial charge in [0, 0.05) is 10.6 Å². The van der Waals surface area contributed by atoms with Gasteiger partial charge in [0.2, 0.25) is 10.7 Å². The van der Waals surface area contributed by atoms with Crippen molar-refractivity contribution in [1.29, 1.82) is 0 Å². The first kappa shape index (κ1) is 17.0. The van der Waals surface area contributed by atoms with Gasteiger partial charge in [-0.2, -0.15) is 4.68 Å². The average Bonchev–Trinajstić information content (AvgIpc) is 3.12. The number of nitrogens with zero attached hydrogens (tertiary/aromatic N) is 3. The van der Waals surface area contributed by atoms with Crippen LogP contribution in [0.15, 0.2) is 35.7 Å². The van der Waals surface area contributed by atoms with E-state index in [4.69, 9.17) is 41.2 Å². The van der Waals surface area contributed by atoms with E-state index >= 15 is 0 Å². The Balaban J connectivity index is 1.85. The predicted octanol–water partition coefficient (Wildman–Crippen LogP) is 4.12. The lowest BCUT2D eigenvalue weighted by Gasteiger charge is -2.05. The Labute approximate surface area is 156 Å². The number of rotatable bonds is 5. The van der Waals surface area contributed by atoms with Crippen molar-refractivity contribution >= 4 is 63.5 Å². The van der Waals surface area contributed by atoms with Gasteiger partial charge in [-0.05, 0) is 47.9 Å². The van der Waals surface area contributed by atoms with Crippen molar-refractivity contribution < 1.29 is 4.79 Å². The third-order valence-electron chi connectivity index (χ3n) is 3.13. The molecule has 24 heavy (non-hydrogen) atoms. The molecule has 3 N–H and O–H groups in total. The molecule has 1 aromatic carbocycles. The number of aromatic nitrogens is 3. The standard InChI is InChI=1S/C14H11Cl2N5OS2/c15-8-3-4-9(10(16)6-8)11(22)7-20-14(23)21(13(17)19-20)18-12-2-1-5-24-12/h1-6,18H,7H2,(H2,17,19). The van der Waals surface area contributed by atoms with Gasteiger partial charge in [0.25, 0.3) is 0 Å². The number of anilines is 2. The SMILES string of the molecule is Nc1nn(CC(=O)c2ccc(Cl)cc2Cl)c(=S)n1Nc1cccs1. The minimum Gasteiger partial charge on any atom is -0.366 e. The molecule has 0 saturated carbocycles. The quantitative estimate of drug-likeness (QED) is 0.498. The second kappa shape index (κ2) is 6.94. The number of hydrogen-bond acceptors (Lipinski definition) is 6. The molecule has 0 atom stereocenters. The van der Waals surface area contributed by atoms with E-state index in [0.717, 1.165) is 5.00 Å². The van der Waals surface area contributed by atoms with Crippen molar-refractivity contribution in [3.8, 4) is 0 Å². The highest BCUT2D eigenvalue weighted by Gasteiger charge is 2.15. The lowest BCUT2D eigenvalue weighted by molar-refractivity contribution is 0.0967. The van der Waals surface area contributed by atoms with E-state index in [1.54, 1.807) is 12.1 Å². The summed E-state index contributed by atoms with van der Waals surface area (Å²) in [6, 6.07) is 8.46. The molecule has 2 heterocycles. The smallest absolute Gasteiger partial charge is 0.240 e. The van der Waals surface area contributed by atoms with Crippen LogP contribution in [0.4, 0.5) is 10.9 Å². The van der Waals surface area contributed by atoms with Crippen molar-refractivity contribution in [1.82, 2.24) is 14.5 Å². The summed E-state index contributed by atoms with van der Waals surface area (Å²) in [6.45, 7) is -0.0799. The van der Waals surface area contributed by atoms with Crippen LogP contribution in [0.3, 0.4) is 0 Å². The average molecular weight is 400 g/mol. The van der Waals surface area contributed by atoms with Crippen LogP contribution in [0.5, 0.6) is 0 Å². The lowest BCUT2D eigenvalue weighted by Crippen LogP contribution is -2.14. The molecule has 0 spiro atoms. The van der Waals surface area contributed by atoms with E-state index in [1.807, 2.05) is 17.5 Å². The molecule has 2 aromatic heterocycles. The fraction of sp³-hybridized carbons (Fsp3) is 0.0714. The highest BCUT2D eigenvalue weighted by atomic mass is 35.5. The highest BCUT2D eigenvalue weighted by molar-refractivity contribution is 7.71. The van der Waals surface area contributed by atoms with Crippen LogP contribution >= 0.6 is 46.8 Å². The summed E-state index contributed by atoms with van der Waals surface area (Å²) in [5.74, 6) is -0.0862. The first-order chi connectivity index (χ1) is 11.5. The predicted molar refractivity (Wildman–Crippen MR) is 99.6 cm³/mol. The summed E-state index contributed by atoms with van der Waals surface area (Å²) in [4.78, 5) is 12.4. The van der Waals surface area contributed by atoms with E-state index in [1.165, 1.54) is 26.8 Å². The largest absolute Gasteiger partial charge is 0.366 e. The summed E-state index contributed by atoms with van der Waals surface area (Å²) >= 11 is 18.7. The van der Waals surface area contributed by atoms with Crippen LogP contribution in [-0.4, -0.2) is 20.2 Å². The molecule has 0 saturated heterocycles. The Morgan fingerprint density at radius 1 is 1.38 bits per heavy atom. The normalized spacial score (nSPS) is 10.8. The van der Waals surface area contributed by atoms with E-state index < -0.39 is 0 Å². The minimum atomic E-state index is -0.242. The fourth-order valence-electron chi connectivity index (χ4n) is 2.02. The first-order valence-corrected chi connectivity index (χ1v) is 8.74. The number of nitrogen functional groups attached to an aromatic ring is 1. The zero-order chi connectivity index (χ0) is 17.3. The van der Waals surface area contributed by atoms with Crippen molar-refractivity contribution in [3.05, 3.63) is 56.1 Å². The maximum absolute atomic E-state index is 12.4. The van der Waals surface area contributed by atoms with Gasteiger partial charge in [-0.3, -0.25) is 10.2 Å². The number of thiophene rings is 1. The van der Waals surface area contributed by atoms with Crippen LogP contribution in [0.1, 0.15) is 10.4 Å². The second-order valence-electron chi connectivity index (χ2n) is 4.77. The fourth-order valence-corrected chi connectivity index (χ4v) is 3.39. The Kier molecular flexibility index (Phi) is 4.91. The zero-order valence-corrected chi connectivity index (χ0v) is 15.2. The van der Waals surface area contributed by atoms with Gasteiger partial charge in [-0.1, -0.05) is 23.2 Å². The number of benzene rings is 1. The van der Waals surface area contributed by atoms with Gasteiger partial charge in [0.1, 0.15) is 11.5 Å². The van der Waals surface area contributed by atoms with Crippen LogP contribution in [0, 0.1) is 4.77 Å². The van der Waals surface area contributed by atoms with Crippen LogP contribution in [0.2, 0.25) is 10.0 Å². The van der Waals surface area contributed by atoms with Crippen molar-refractivity contribution in [2.75, 3.05) is 11.2 Å². The number of Topliss-reactive ketones (excluding diaryl/α,β-unsaturated/α-hetero) is 1. The molecule has 6 nitrogen and oxygen atoms in total. The molecule has 0 aliphatic heterocycles. The minimum absolute atomic E-state index is 0.0799. The Morgan fingerprint density at radius 3 is 2.83 bits per heavy atom. The third-order valence-corrected chi connectivity index (χ3v) is 4.85. The molecule has 10 heteroatoms. The number of halogens is 2. The number of carbonyl (C=O) groups excluding carboxylic acids is 1. The first-order valence-electron chi connectivity index (χ1n) is 6.70. The number of ketones is 1. The summed E-state index contributed by atoms with van der Waals surface area (Å²) in [5.41, 5.74) is 9.26. The Morgan fingerprint density at radius 2 is 2.17 bits per heavy atom. The highest BCUT2D eigenvalue weighted by Crippen LogP contribution is 2.22. The molecular weight excluding hydrogens is 389 g/mol. The van der Waals surface area contributed by atoms with Crippen LogP contribution < -0.4 is 11.2 Å². The van der Waals surface area contributed by atoms with E-state index in [0.29, 0.717) is 10.6 Å². The monoisotopic (exact) mass is 399 g/mol. The van der Waals surface area contributed by atoms with Gasteiger partial charge >= 0.3 is 0 Å². The summed E-state index contributed by atoms with van der Waals surface area (Å²) in [7, 11) is 0. The zero-order valence-electron chi connectivity index (χ0n) is 12.1. The number of nitrogens with one attached hydrogen (secondary N) is 1. The van der Waals surface area contributed by atoms with Gasteiger partial charge < -0.3 is 5.73 Å². The molecule has 0 amide bonds. The molecule has 0 unspecified atom stereocenters. The van der Waals surface area contributed by atoms with Crippen LogP contribution in [0.25, 0.3) is 0 Å². The number of carbonyl (C=O) groups is 1. The molecule has 0 bridgehead atoms. The van der Waals surface area contributed by atoms with Gasteiger partial charge in [-0.15, -0.1) is 16.4 Å². The van der Waals surface area contributed by atoms with Gasteiger partial charge in [0.15, 0.2) is 5.78 Å². The van der Waals surface area contributed by atoms with Gasteiger partial charge in [-0.25, -0.2) is 4.68 Å². The molecule has 3 aromatic rings. The van der Waals surface area contributed by atoms with Crippen molar-refractivity contribution in [2.24, 2.45) is 0 Å². The Bertz CT molecular complexity index is 949. The molecule has 3 rings (SSSR count). The third kappa shape index (κ3) is 3.46. The number of nitrogens with two attached hydrogens (primary N) is 1. The van der Waals surface area contributed by atoms with Gasteiger partial charge in [0.05, 0.1) is 5.02 Å². The topological polar surface area (TPSA) is 77.9 Å². The summed E-state index contributed by atoms with van der Waals surface area (Å²) in [6.07, 6.45) is 0. The maximum Gasteiger partial charge on any atom is 0.240 e. The lowest BCUT2D eigenvalue weighted by atomic mass is 10.1. The van der Waals surface area contributed by atoms with Crippen molar-refractivity contribution in [3.63, 3.8) is 0 Å². The van der Waals surface area contributed by atoms with E-state index in [9.17, 15) is 4.79 Å². The molecule has 0 radical (unpaired) electrons. The maximum atomic E-state index is 12.4. The molecule has 124 valence electrons. The molecular formula is C14H11Cl2N5OS2. The summed E-state index contributed by atoms with van der Waals surface area (Å²) in [5, 5.41) is 7.62. The Hall–Kier alpha value is -1.87. The van der Waals surface area contributed by atoms with E-state index in [-0.39, 0.29) is 28.1 Å². The van der Waals surface area contributed by atoms with E-state index in [2.05, 4.69) is 10.5 Å². The summed E-state index contributed by atoms with van der Waals surface area (Å²) < 4.78 is 3.07.